The highest BCUT2D eigenvalue weighted by Gasteiger charge is 2.22. The van der Waals surface area contributed by atoms with E-state index in [1.807, 2.05) is 13.8 Å². The zero-order chi connectivity index (χ0) is 20.1. The smallest absolute Gasteiger partial charge is 0.344 e. The van der Waals surface area contributed by atoms with Crippen molar-refractivity contribution in [2.45, 2.75) is 53.2 Å². The molecule has 1 atom stereocenters. The number of esters is 1. The standard InChI is InChI=1S/C18H25ClN2O5/c1-10-7-13(19)8-11(2)15(10)25-9-14(22)26-12(3)16(23)20-17(24)21-18(4,5)6/h7-8,12H,9H2,1-6H3,(H2,20,21,23,24)/t12-/m1/s1. The highest BCUT2D eigenvalue weighted by atomic mass is 35.5. The molecule has 1 aromatic rings. The number of rotatable bonds is 5. The van der Waals surface area contributed by atoms with Crippen molar-refractivity contribution in [1.29, 1.82) is 0 Å². The normalized spacial score (nSPS) is 12.1. The van der Waals surface area contributed by atoms with Crippen molar-refractivity contribution in [2.24, 2.45) is 0 Å². The maximum absolute atomic E-state index is 11.9. The average Bonchev–Trinajstić information content (AvgIpc) is 2.43. The summed E-state index contributed by atoms with van der Waals surface area (Å²) in [6.07, 6.45) is -1.13. The Morgan fingerprint density at radius 1 is 1.15 bits per heavy atom. The molecule has 0 aromatic heterocycles. The van der Waals surface area contributed by atoms with Gasteiger partial charge in [-0.25, -0.2) is 9.59 Å². The monoisotopic (exact) mass is 384 g/mol. The largest absolute Gasteiger partial charge is 0.481 e. The van der Waals surface area contributed by atoms with E-state index in [0.717, 1.165) is 11.1 Å². The number of hydrogen-bond donors (Lipinski definition) is 2. The number of carbonyl (C=O) groups excluding carboxylic acids is 3. The number of imide groups is 1. The van der Waals surface area contributed by atoms with Crippen molar-refractivity contribution in [1.82, 2.24) is 10.6 Å². The summed E-state index contributed by atoms with van der Waals surface area (Å²) in [5.41, 5.74) is 1.08. The van der Waals surface area contributed by atoms with Crippen LogP contribution in [0.1, 0.15) is 38.8 Å². The molecule has 0 bridgehead atoms. The number of ether oxygens (including phenoxy) is 2. The molecule has 0 saturated heterocycles. The lowest BCUT2D eigenvalue weighted by molar-refractivity contribution is -0.156. The SMILES string of the molecule is Cc1cc(Cl)cc(C)c1OCC(=O)O[C@H](C)C(=O)NC(=O)NC(C)(C)C. The summed E-state index contributed by atoms with van der Waals surface area (Å²) in [7, 11) is 0. The number of aryl methyl sites for hydroxylation is 2. The van der Waals surface area contributed by atoms with Crippen molar-refractivity contribution >= 4 is 29.5 Å². The van der Waals surface area contributed by atoms with Gasteiger partial charge in [-0.3, -0.25) is 10.1 Å². The summed E-state index contributed by atoms with van der Waals surface area (Å²) in [4.78, 5) is 35.4. The van der Waals surface area contributed by atoms with E-state index in [1.165, 1.54) is 6.92 Å². The summed E-state index contributed by atoms with van der Waals surface area (Å²) in [5.74, 6) is -0.912. The van der Waals surface area contributed by atoms with E-state index in [4.69, 9.17) is 21.1 Å². The van der Waals surface area contributed by atoms with Gasteiger partial charge in [0.15, 0.2) is 12.7 Å². The number of benzene rings is 1. The minimum Gasteiger partial charge on any atom is -0.481 e. The maximum atomic E-state index is 11.9. The highest BCUT2D eigenvalue weighted by Crippen LogP contribution is 2.26. The third-order valence-corrected chi connectivity index (χ3v) is 3.38. The van der Waals surface area contributed by atoms with Crippen LogP contribution in [0.25, 0.3) is 0 Å². The van der Waals surface area contributed by atoms with Gasteiger partial charge in [0.1, 0.15) is 5.75 Å². The molecular weight excluding hydrogens is 360 g/mol. The first kappa shape index (κ1) is 21.8. The van der Waals surface area contributed by atoms with Gasteiger partial charge in [-0.15, -0.1) is 0 Å². The Hall–Kier alpha value is -2.28. The van der Waals surface area contributed by atoms with Gasteiger partial charge in [-0.05, 0) is 64.8 Å². The van der Waals surface area contributed by atoms with Crippen LogP contribution in [-0.2, 0) is 14.3 Å². The fraction of sp³-hybridized carbons (Fsp3) is 0.500. The number of hydrogen-bond acceptors (Lipinski definition) is 5. The van der Waals surface area contributed by atoms with E-state index in [0.29, 0.717) is 10.8 Å². The molecular formula is C18H25ClN2O5. The van der Waals surface area contributed by atoms with Crippen molar-refractivity contribution in [2.75, 3.05) is 6.61 Å². The number of carbonyl (C=O) groups is 3. The Morgan fingerprint density at radius 3 is 2.19 bits per heavy atom. The van der Waals surface area contributed by atoms with E-state index in [9.17, 15) is 14.4 Å². The minimum absolute atomic E-state index is 0.366. The first-order valence-electron chi connectivity index (χ1n) is 8.11. The molecule has 8 heteroatoms. The van der Waals surface area contributed by atoms with E-state index in [2.05, 4.69) is 10.6 Å². The molecule has 0 saturated carbocycles. The lowest BCUT2D eigenvalue weighted by atomic mass is 10.1. The Balaban J connectivity index is 2.52. The first-order chi connectivity index (χ1) is 11.9. The molecule has 0 aliphatic rings. The second-order valence-corrected chi connectivity index (χ2v) is 7.42. The van der Waals surface area contributed by atoms with E-state index < -0.39 is 29.6 Å². The van der Waals surface area contributed by atoms with Crippen molar-refractivity contribution in [3.63, 3.8) is 0 Å². The van der Waals surface area contributed by atoms with Gasteiger partial charge in [0.05, 0.1) is 0 Å². The van der Waals surface area contributed by atoms with Crippen LogP contribution in [0.15, 0.2) is 12.1 Å². The number of nitrogens with one attached hydrogen (secondary N) is 2. The molecule has 3 amide bonds. The molecule has 7 nitrogen and oxygen atoms in total. The molecule has 144 valence electrons. The summed E-state index contributed by atoms with van der Waals surface area (Å²) in [6, 6.07) is 2.78. The predicted molar refractivity (Wildman–Crippen MR) is 98.4 cm³/mol. The molecule has 0 unspecified atom stereocenters. The topological polar surface area (TPSA) is 93.7 Å². The predicted octanol–water partition coefficient (Wildman–Crippen LogP) is 2.89. The van der Waals surface area contributed by atoms with E-state index in [1.54, 1.807) is 32.9 Å². The molecule has 1 aromatic carbocycles. The zero-order valence-electron chi connectivity index (χ0n) is 15.9. The van der Waals surface area contributed by atoms with Crippen molar-refractivity contribution in [3.8, 4) is 5.75 Å². The molecule has 0 spiro atoms. The lowest BCUT2D eigenvalue weighted by Crippen LogP contribution is -2.50. The van der Waals surface area contributed by atoms with Crippen molar-refractivity contribution in [3.05, 3.63) is 28.3 Å². The van der Waals surface area contributed by atoms with Gasteiger partial charge >= 0.3 is 12.0 Å². The molecule has 0 heterocycles. The number of halogens is 1. The van der Waals surface area contributed by atoms with Gasteiger partial charge < -0.3 is 14.8 Å². The fourth-order valence-electron chi connectivity index (χ4n) is 2.13. The third kappa shape index (κ3) is 7.31. The van der Waals surface area contributed by atoms with Crippen LogP contribution >= 0.6 is 11.6 Å². The Kier molecular flexibility index (Phi) is 7.44. The number of urea groups is 1. The van der Waals surface area contributed by atoms with E-state index in [-0.39, 0.29) is 6.61 Å². The quantitative estimate of drug-likeness (QED) is 0.761. The summed E-state index contributed by atoms with van der Waals surface area (Å²) in [6.45, 7) is 9.95. The second kappa shape index (κ2) is 8.89. The Labute approximate surface area is 158 Å². The van der Waals surface area contributed by atoms with Crippen LogP contribution in [0.3, 0.4) is 0 Å². The minimum atomic E-state index is -1.13. The maximum Gasteiger partial charge on any atom is 0.344 e. The average molecular weight is 385 g/mol. The lowest BCUT2D eigenvalue weighted by Gasteiger charge is -2.21. The fourth-order valence-corrected chi connectivity index (χ4v) is 2.45. The van der Waals surface area contributed by atoms with Crippen LogP contribution in [-0.4, -0.2) is 36.2 Å². The molecule has 26 heavy (non-hydrogen) atoms. The van der Waals surface area contributed by atoms with Crippen molar-refractivity contribution < 1.29 is 23.9 Å². The summed E-state index contributed by atoms with van der Waals surface area (Å²) < 4.78 is 10.5. The van der Waals surface area contributed by atoms with Crippen LogP contribution in [0, 0.1) is 13.8 Å². The molecule has 1 rings (SSSR count). The second-order valence-electron chi connectivity index (χ2n) is 6.98. The van der Waals surface area contributed by atoms with E-state index >= 15 is 0 Å². The van der Waals surface area contributed by atoms with Crippen LogP contribution in [0.4, 0.5) is 4.79 Å². The van der Waals surface area contributed by atoms with Crippen LogP contribution in [0.5, 0.6) is 5.75 Å². The highest BCUT2D eigenvalue weighted by molar-refractivity contribution is 6.30. The number of amides is 3. The molecule has 0 radical (unpaired) electrons. The summed E-state index contributed by atoms with van der Waals surface area (Å²) in [5, 5.41) is 5.27. The summed E-state index contributed by atoms with van der Waals surface area (Å²) >= 11 is 5.95. The molecule has 0 aliphatic carbocycles. The van der Waals surface area contributed by atoms with Crippen LogP contribution in [0.2, 0.25) is 5.02 Å². The Morgan fingerprint density at radius 2 is 1.69 bits per heavy atom. The van der Waals surface area contributed by atoms with Gasteiger partial charge in [0, 0.05) is 10.6 Å². The van der Waals surface area contributed by atoms with Gasteiger partial charge in [-0.2, -0.15) is 0 Å². The molecule has 2 N–H and O–H groups in total. The van der Waals surface area contributed by atoms with Crippen LogP contribution < -0.4 is 15.4 Å². The Bertz CT molecular complexity index is 674. The van der Waals surface area contributed by atoms with Gasteiger partial charge in [-0.1, -0.05) is 11.6 Å². The van der Waals surface area contributed by atoms with Gasteiger partial charge in [0.2, 0.25) is 0 Å². The molecule has 0 aliphatic heterocycles. The zero-order valence-corrected chi connectivity index (χ0v) is 16.6. The third-order valence-electron chi connectivity index (χ3n) is 3.16. The van der Waals surface area contributed by atoms with Gasteiger partial charge in [0.25, 0.3) is 5.91 Å². The first-order valence-corrected chi connectivity index (χ1v) is 8.49. The molecule has 0 fully saturated rings.